The van der Waals surface area contributed by atoms with E-state index in [9.17, 15) is 9.18 Å². The number of anilines is 1. The second-order valence-electron chi connectivity index (χ2n) is 4.05. The highest BCUT2D eigenvalue weighted by Crippen LogP contribution is 2.17. The minimum atomic E-state index is -1.10. The molecule has 0 fully saturated rings. The van der Waals surface area contributed by atoms with Gasteiger partial charge in [0, 0.05) is 19.8 Å². The minimum absolute atomic E-state index is 0.0152. The maximum atomic E-state index is 13.1. The Bertz CT molecular complexity index is 604. The largest absolute Gasteiger partial charge is 0.477 e. The van der Waals surface area contributed by atoms with E-state index in [1.54, 1.807) is 24.1 Å². The summed E-state index contributed by atoms with van der Waals surface area (Å²) in [6.07, 6.45) is 2.52. The van der Waals surface area contributed by atoms with Gasteiger partial charge in [-0.1, -0.05) is 12.1 Å². The fourth-order valence-corrected chi connectivity index (χ4v) is 1.76. The molecule has 0 unspecified atom stereocenters. The number of rotatable bonds is 4. The lowest BCUT2D eigenvalue weighted by atomic mass is 10.2. The van der Waals surface area contributed by atoms with Crippen molar-refractivity contribution in [3.63, 3.8) is 0 Å². The molecule has 0 radical (unpaired) electrons. The minimum Gasteiger partial charge on any atom is -0.477 e. The lowest BCUT2D eigenvalue weighted by Gasteiger charge is -2.19. The van der Waals surface area contributed by atoms with Crippen LogP contribution in [0.1, 0.15) is 15.9 Å². The first-order valence-electron chi connectivity index (χ1n) is 5.57. The van der Waals surface area contributed by atoms with E-state index in [1.165, 1.54) is 24.7 Å². The number of benzene rings is 1. The monoisotopic (exact) mass is 261 g/mol. The van der Waals surface area contributed by atoms with Gasteiger partial charge >= 0.3 is 5.97 Å². The third-order valence-electron chi connectivity index (χ3n) is 2.59. The number of aromatic carboxylic acids is 1. The van der Waals surface area contributed by atoms with Crippen LogP contribution < -0.4 is 4.90 Å². The topological polar surface area (TPSA) is 66.3 Å². The fraction of sp³-hybridized carbons (Fsp3) is 0.154. The Labute approximate surface area is 109 Å². The summed E-state index contributed by atoms with van der Waals surface area (Å²) in [4.78, 5) is 20.4. The van der Waals surface area contributed by atoms with E-state index >= 15 is 0 Å². The number of hydrogen-bond acceptors (Lipinski definition) is 4. The van der Waals surface area contributed by atoms with Crippen LogP contribution >= 0.6 is 0 Å². The van der Waals surface area contributed by atoms with E-state index < -0.39 is 5.97 Å². The quantitative estimate of drug-likeness (QED) is 0.911. The zero-order valence-corrected chi connectivity index (χ0v) is 10.2. The van der Waals surface area contributed by atoms with Crippen molar-refractivity contribution in [2.24, 2.45) is 0 Å². The van der Waals surface area contributed by atoms with E-state index in [-0.39, 0.29) is 11.4 Å². The van der Waals surface area contributed by atoms with Crippen LogP contribution in [0.5, 0.6) is 0 Å². The maximum Gasteiger partial charge on any atom is 0.341 e. The van der Waals surface area contributed by atoms with Crippen LogP contribution in [0.15, 0.2) is 36.8 Å². The van der Waals surface area contributed by atoms with Gasteiger partial charge in [-0.05, 0) is 17.7 Å². The summed E-state index contributed by atoms with van der Waals surface area (Å²) >= 11 is 0. The lowest BCUT2D eigenvalue weighted by Crippen LogP contribution is -2.21. The molecule has 0 bridgehead atoms. The van der Waals surface area contributed by atoms with Crippen molar-refractivity contribution in [2.75, 3.05) is 11.9 Å². The molecule has 5 nitrogen and oxygen atoms in total. The number of aromatic nitrogens is 2. The molecule has 1 aromatic heterocycles. The normalized spacial score (nSPS) is 10.2. The third kappa shape index (κ3) is 3.04. The number of nitrogens with zero attached hydrogens (tertiary/aromatic N) is 3. The van der Waals surface area contributed by atoms with E-state index in [0.29, 0.717) is 12.4 Å². The van der Waals surface area contributed by atoms with Gasteiger partial charge in [0.1, 0.15) is 23.5 Å². The van der Waals surface area contributed by atoms with Crippen molar-refractivity contribution < 1.29 is 14.3 Å². The van der Waals surface area contributed by atoms with E-state index in [4.69, 9.17) is 5.11 Å². The summed E-state index contributed by atoms with van der Waals surface area (Å²) in [7, 11) is 1.69. The van der Waals surface area contributed by atoms with Gasteiger partial charge in [0.15, 0.2) is 0 Å². The summed E-state index contributed by atoms with van der Waals surface area (Å²) in [6.45, 7) is 0.356. The average molecular weight is 261 g/mol. The van der Waals surface area contributed by atoms with Gasteiger partial charge in [-0.2, -0.15) is 0 Å². The van der Waals surface area contributed by atoms with Crippen LogP contribution in [0.4, 0.5) is 10.2 Å². The molecule has 6 heteroatoms. The van der Waals surface area contributed by atoms with Crippen molar-refractivity contribution in [1.29, 1.82) is 0 Å². The Morgan fingerprint density at radius 1 is 1.47 bits per heavy atom. The molecule has 0 atom stereocenters. The molecule has 1 aromatic carbocycles. The van der Waals surface area contributed by atoms with Gasteiger partial charge in [0.25, 0.3) is 0 Å². The molecule has 98 valence electrons. The molecule has 1 N–H and O–H groups in total. The van der Waals surface area contributed by atoms with Gasteiger partial charge < -0.3 is 10.0 Å². The van der Waals surface area contributed by atoms with Crippen LogP contribution in [0.2, 0.25) is 0 Å². The van der Waals surface area contributed by atoms with Gasteiger partial charge in [0.2, 0.25) is 0 Å². The lowest BCUT2D eigenvalue weighted by molar-refractivity contribution is 0.0696. The molecule has 0 aliphatic carbocycles. The van der Waals surface area contributed by atoms with Crippen LogP contribution in [0.3, 0.4) is 0 Å². The van der Waals surface area contributed by atoms with E-state index in [0.717, 1.165) is 5.56 Å². The number of carboxylic acids is 1. The number of carbonyl (C=O) groups is 1. The summed E-state index contributed by atoms with van der Waals surface area (Å²) in [6, 6.07) is 6.13. The first-order valence-corrected chi connectivity index (χ1v) is 5.57. The highest BCUT2D eigenvalue weighted by molar-refractivity contribution is 5.92. The molecule has 0 aliphatic rings. The molecule has 2 rings (SSSR count). The standard InChI is InChI=1S/C13H12FN3O2/c1-17(7-9-3-2-4-10(14)5-9)12-11(13(18)19)6-15-8-16-12/h2-6,8H,7H2,1H3,(H,18,19). The van der Waals surface area contributed by atoms with Crippen molar-refractivity contribution in [3.05, 3.63) is 53.7 Å². The first-order chi connectivity index (χ1) is 9.08. The highest BCUT2D eigenvalue weighted by Gasteiger charge is 2.15. The molecule has 2 aromatic rings. The maximum absolute atomic E-state index is 13.1. The molecular weight excluding hydrogens is 249 g/mol. The Morgan fingerprint density at radius 3 is 2.95 bits per heavy atom. The van der Waals surface area contributed by atoms with E-state index in [2.05, 4.69) is 9.97 Å². The Balaban J connectivity index is 2.25. The first kappa shape index (κ1) is 12.9. The summed E-state index contributed by atoms with van der Waals surface area (Å²) in [5.41, 5.74) is 0.749. The van der Waals surface area contributed by atoms with Crippen LogP contribution in [-0.4, -0.2) is 28.1 Å². The highest BCUT2D eigenvalue weighted by atomic mass is 19.1. The molecule has 0 amide bonds. The zero-order valence-electron chi connectivity index (χ0n) is 10.2. The Hall–Kier alpha value is -2.50. The van der Waals surface area contributed by atoms with Crippen LogP contribution in [0, 0.1) is 5.82 Å². The third-order valence-corrected chi connectivity index (χ3v) is 2.59. The van der Waals surface area contributed by atoms with Crippen LogP contribution in [-0.2, 0) is 6.54 Å². The fourth-order valence-electron chi connectivity index (χ4n) is 1.76. The predicted octanol–water partition coefficient (Wildman–Crippen LogP) is 1.95. The predicted molar refractivity (Wildman–Crippen MR) is 67.5 cm³/mol. The Morgan fingerprint density at radius 2 is 2.26 bits per heavy atom. The van der Waals surface area contributed by atoms with Crippen LogP contribution in [0.25, 0.3) is 0 Å². The second kappa shape index (κ2) is 5.43. The van der Waals surface area contributed by atoms with Crippen molar-refractivity contribution in [1.82, 2.24) is 9.97 Å². The van der Waals surface area contributed by atoms with E-state index in [1.807, 2.05) is 0 Å². The molecule has 0 spiro atoms. The van der Waals surface area contributed by atoms with Crippen molar-refractivity contribution in [3.8, 4) is 0 Å². The molecule has 0 saturated carbocycles. The molecule has 1 heterocycles. The van der Waals surface area contributed by atoms with Crippen molar-refractivity contribution in [2.45, 2.75) is 6.54 Å². The smallest absolute Gasteiger partial charge is 0.341 e. The number of halogens is 1. The molecular formula is C13H12FN3O2. The summed E-state index contributed by atoms with van der Waals surface area (Å²) in [5.74, 6) is -1.12. The zero-order chi connectivity index (χ0) is 13.8. The van der Waals surface area contributed by atoms with Gasteiger partial charge in [0.05, 0.1) is 0 Å². The van der Waals surface area contributed by atoms with Gasteiger partial charge in [-0.15, -0.1) is 0 Å². The SMILES string of the molecule is CN(Cc1cccc(F)c1)c1ncncc1C(=O)O. The second-order valence-corrected chi connectivity index (χ2v) is 4.05. The summed E-state index contributed by atoms with van der Waals surface area (Å²) < 4.78 is 13.1. The number of hydrogen-bond donors (Lipinski definition) is 1. The van der Waals surface area contributed by atoms with Gasteiger partial charge in [-0.3, -0.25) is 0 Å². The molecule has 19 heavy (non-hydrogen) atoms. The van der Waals surface area contributed by atoms with Gasteiger partial charge in [-0.25, -0.2) is 19.2 Å². The number of carboxylic acid groups (broad SMARTS) is 1. The Kier molecular flexibility index (Phi) is 3.70. The van der Waals surface area contributed by atoms with Crippen molar-refractivity contribution >= 4 is 11.8 Å². The molecule has 0 saturated heterocycles. The summed E-state index contributed by atoms with van der Waals surface area (Å²) in [5, 5.41) is 9.06. The average Bonchev–Trinajstić information content (AvgIpc) is 2.38. The molecule has 0 aliphatic heterocycles.